The maximum absolute atomic E-state index is 6.44. The molecule has 1 aromatic heterocycles. The molecule has 0 N–H and O–H groups in total. The lowest BCUT2D eigenvalue weighted by atomic mass is 10.0. The molecule has 0 saturated carbocycles. The molecule has 30 heavy (non-hydrogen) atoms. The summed E-state index contributed by atoms with van der Waals surface area (Å²) in [5.74, 6) is -0.664. The van der Waals surface area contributed by atoms with Crippen LogP contribution in [0.5, 0.6) is 0 Å². The molecule has 0 bridgehead atoms. The number of hydrogen-bond donors (Lipinski definition) is 0. The van der Waals surface area contributed by atoms with Gasteiger partial charge >= 0.3 is 0 Å². The van der Waals surface area contributed by atoms with Crippen molar-refractivity contribution in [3.8, 4) is 0 Å². The van der Waals surface area contributed by atoms with E-state index in [9.17, 15) is 0 Å². The standard InChI is InChI=1S/C25H30N2O3/c1-20-7-9-22(10-8-20)11-12-25(18-27-14-13-26-19-27)29-17-24(30-25)16-28-15-23-6-4-3-5-21(23)2/h3-10,13-14,19,24H,11-12,15-18H2,1-2H3. The van der Waals surface area contributed by atoms with Crippen molar-refractivity contribution in [3.63, 3.8) is 0 Å². The lowest BCUT2D eigenvalue weighted by Crippen LogP contribution is -2.37. The number of benzene rings is 2. The van der Waals surface area contributed by atoms with Crippen molar-refractivity contribution >= 4 is 0 Å². The summed E-state index contributed by atoms with van der Waals surface area (Å²) < 4.78 is 20.7. The third-order valence-electron chi connectivity index (χ3n) is 5.63. The van der Waals surface area contributed by atoms with Gasteiger partial charge in [0.25, 0.3) is 0 Å². The molecule has 0 aliphatic carbocycles. The number of ether oxygens (including phenoxy) is 3. The molecule has 5 heteroatoms. The minimum Gasteiger partial charge on any atom is -0.374 e. The minimum atomic E-state index is -0.664. The van der Waals surface area contributed by atoms with Gasteiger partial charge in [-0.05, 0) is 37.0 Å². The molecule has 2 aromatic carbocycles. The summed E-state index contributed by atoms with van der Waals surface area (Å²) in [6, 6.07) is 17.0. The second-order valence-corrected chi connectivity index (χ2v) is 8.12. The van der Waals surface area contributed by atoms with Gasteiger partial charge in [0, 0.05) is 18.8 Å². The highest BCUT2D eigenvalue weighted by Crippen LogP contribution is 2.31. The first-order chi connectivity index (χ1) is 14.6. The monoisotopic (exact) mass is 406 g/mol. The van der Waals surface area contributed by atoms with Gasteiger partial charge in [0.05, 0.1) is 32.7 Å². The zero-order valence-electron chi connectivity index (χ0n) is 17.8. The molecule has 1 aliphatic heterocycles. The average molecular weight is 407 g/mol. The number of nitrogens with zero attached hydrogens (tertiary/aromatic N) is 2. The molecule has 5 nitrogen and oxygen atoms in total. The first kappa shape index (κ1) is 20.8. The van der Waals surface area contributed by atoms with Crippen LogP contribution in [0.25, 0.3) is 0 Å². The largest absolute Gasteiger partial charge is 0.374 e. The second kappa shape index (κ2) is 9.56. The Hall–Kier alpha value is -2.47. The van der Waals surface area contributed by atoms with E-state index >= 15 is 0 Å². The molecule has 2 heterocycles. The minimum absolute atomic E-state index is 0.0736. The summed E-state index contributed by atoms with van der Waals surface area (Å²) in [6.45, 7) is 6.47. The van der Waals surface area contributed by atoms with E-state index in [1.807, 2.05) is 29.2 Å². The zero-order chi connectivity index (χ0) is 20.8. The first-order valence-corrected chi connectivity index (χ1v) is 10.6. The van der Waals surface area contributed by atoms with Crippen molar-refractivity contribution in [1.82, 2.24) is 9.55 Å². The summed E-state index contributed by atoms with van der Waals surface area (Å²) in [7, 11) is 0. The van der Waals surface area contributed by atoms with Gasteiger partial charge < -0.3 is 18.8 Å². The van der Waals surface area contributed by atoms with Crippen LogP contribution >= 0.6 is 0 Å². The van der Waals surface area contributed by atoms with Crippen molar-refractivity contribution in [2.75, 3.05) is 13.2 Å². The first-order valence-electron chi connectivity index (χ1n) is 10.6. The van der Waals surface area contributed by atoms with E-state index in [-0.39, 0.29) is 6.10 Å². The topological polar surface area (TPSA) is 45.5 Å². The third kappa shape index (κ3) is 5.36. The third-order valence-corrected chi connectivity index (χ3v) is 5.63. The fourth-order valence-electron chi connectivity index (χ4n) is 3.81. The molecule has 1 saturated heterocycles. The van der Waals surface area contributed by atoms with E-state index in [0.717, 1.165) is 12.8 Å². The summed E-state index contributed by atoms with van der Waals surface area (Å²) in [4.78, 5) is 4.16. The normalized spacial score (nSPS) is 21.2. The fraction of sp³-hybridized carbons (Fsp3) is 0.400. The smallest absolute Gasteiger partial charge is 0.187 e. The number of imidazole rings is 1. The second-order valence-electron chi connectivity index (χ2n) is 8.12. The molecule has 1 fully saturated rings. The molecule has 1 aliphatic rings. The highest BCUT2D eigenvalue weighted by atomic mass is 16.8. The van der Waals surface area contributed by atoms with Gasteiger partial charge in [-0.25, -0.2) is 4.98 Å². The molecular formula is C25H30N2O3. The summed E-state index contributed by atoms with van der Waals surface area (Å²) >= 11 is 0. The van der Waals surface area contributed by atoms with Crippen LogP contribution in [-0.2, 0) is 33.8 Å². The average Bonchev–Trinajstić information content (AvgIpc) is 3.40. The maximum atomic E-state index is 6.44. The quantitative estimate of drug-likeness (QED) is 0.526. The molecule has 0 spiro atoms. The lowest BCUT2D eigenvalue weighted by Gasteiger charge is -2.28. The van der Waals surface area contributed by atoms with Gasteiger partial charge in [0.2, 0.25) is 0 Å². The summed E-state index contributed by atoms with van der Waals surface area (Å²) in [5, 5.41) is 0. The Kier molecular flexibility index (Phi) is 6.62. The van der Waals surface area contributed by atoms with E-state index < -0.39 is 5.79 Å². The molecule has 0 radical (unpaired) electrons. The van der Waals surface area contributed by atoms with Crippen molar-refractivity contribution in [3.05, 3.63) is 89.5 Å². The number of aromatic nitrogens is 2. The van der Waals surface area contributed by atoms with Crippen molar-refractivity contribution < 1.29 is 14.2 Å². The number of rotatable bonds is 9. The number of hydrogen-bond acceptors (Lipinski definition) is 4. The van der Waals surface area contributed by atoms with Crippen LogP contribution in [0.1, 0.15) is 28.7 Å². The Morgan fingerprint density at radius 1 is 1.13 bits per heavy atom. The van der Waals surface area contributed by atoms with Crippen LogP contribution < -0.4 is 0 Å². The molecule has 4 rings (SSSR count). The molecular weight excluding hydrogens is 376 g/mol. The Bertz CT molecular complexity index is 924. The van der Waals surface area contributed by atoms with Gasteiger partial charge in [-0.15, -0.1) is 0 Å². The van der Waals surface area contributed by atoms with E-state index in [0.29, 0.717) is 26.4 Å². The van der Waals surface area contributed by atoms with Crippen LogP contribution in [0.15, 0.2) is 67.3 Å². The predicted octanol–water partition coefficient (Wildman–Crippen LogP) is 4.46. The van der Waals surface area contributed by atoms with Crippen LogP contribution in [0.2, 0.25) is 0 Å². The van der Waals surface area contributed by atoms with E-state index in [1.54, 1.807) is 6.20 Å². The Morgan fingerprint density at radius 2 is 1.97 bits per heavy atom. The lowest BCUT2D eigenvalue weighted by molar-refractivity contribution is -0.187. The fourth-order valence-corrected chi connectivity index (χ4v) is 3.81. The van der Waals surface area contributed by atoms with Gasteiger partial charge in [-0.2, -0.15) is 0 Å². The van der Waals surface area contributed by atoms with Crippen LogP contribution in [0, 0.1) is 13.8 Å². The molecule has 2 atom stereocenters. The molecule has 0 amide bonds. The van der Waals surface area contributed by atoms with Crippen LogP contribution in [0.4, 0.5) is 0 Å². The molecule has 2 unspecified atom stereocenters. The van der Waals surface area contributed by atoms with Crippen molar-refractivity contribution in [1.29, 1.82) is 0 Å². The van der Waals surface area contributed by atoms with Crippen molar-refractivity contribution in [2.24, 2.45) is 0 Å². The Labute approximate surface area is 178 Å². The van der Waals surface area contributed by atoms with E-state index in [4.69, 9.17) is 14.2 Å². The van der Waals surface area contributed by atoms with Gasteiger partial charge in [0.1, 0.15) is 6.10 Å². The predicted molar refractivity (Wildman–Crippen MR) is 116 cm³/mol. The van der Waals surface area contributed by atoms with Crippen molar-refractivity contribution in [2.45, 2.75) is 51.7 Å². The van der Waals surface area contributed by atoms with Gasteiger partial charge in [-0.1, -0.05) is 54.1 Å². The molecule has 158 valence electrons. The number of aryl methyl sites for hydroxylation is 3. The Balaban J connectivity index is 1.36. The highest BCUT2D eigenvalue weighted by Gasteiger charge is 2.41. The zero-order valence-corrected chi connectivity index (χ0v) is 17.8. The van der Waals surface area contributed by atoms with E-state index in [2.05, 4.69) is 55.2 Å². The Morgan fingerprint density at radius 3 is 2.73 bits per heavy atom. The van der Waals surface area contributed by atoms with Crippen LogP contribution in [0.3, 0.4) is 0 Å². The van der Waals surface area contributed by atoms with Gasteiger partial charge in [-0.3, -0.25) is 0 Å². The van der Waals surface area contributed by atoms with Gasteiger partial charge in [0.15, 0.2) is 5.79 Å². The highest BCUT2D eigenvalue weighted by molar-refractivity contribution is 5.24. The van der Waals surface area contributed by atoms with Crippen LogP contribution in [-0.4, -0.2) is 34.7 Å². The van der Waals surface area contributed by atoms with E-state index in [1.165, 1.54) is 22.3 Å². The maximum Gasteiger partial charge on any atom is 0.187 e. The SMILES string of the molecule is Cc1ccc(CCC2(Cn3ccnc3)OCC(COCc3ccccc3C)O2)cc1. The molecule has 3 aromatic rings. The summed E-state index contributed by atoms with van der Waals surface area (Å²) in [5.41, 5.74) is 5.01. The summed E-state index contributed by atoms with van der Waals surface area (Å²) in [6.07, 6.45) is 7.14.